The second-order valence-corrected chi connectivity index (χ2v) is 2.68. The van der Waals surface area contributed by atoms with Crippen LogP contribution in [0.3, 0.4) is 0 Å². The Bertz CT molecular complexity index is 258. The second-order valence-electron chi connectivity index (χ2n) is 2.68. The molecule has 0 aromatic carbocycles. The van der Waals surface area contributed by atoms with Gasteiger partial charge in [-0.05, 0) is 12.1 Å². The van der Waals surface area contributed by atoms with Gasteiger partial charge in [0.25, 0.3) is 0 Å². The first kappa shape index (κ1) is 9.98. The average Bonchev–Trinajstić information content (AvgIpc) is 2.03. The Labute approximate surface area is 73.6 Å². The van der Waals surface area contributed by atoms with Crippen molar-refractivity contribution in [2.24, 2.45) is 5.73 Å². The molecule has 13 heavy (non-hydrogen) atoms. The molecule has 1 aromatic rings. The Hall–Kier alpha value is -1.10. The zero-order chi connectivity index (χ0) is 9.90. The maximum atomic E-state index is 11.9. The van der Waals surface area contributed by atoms with E-state index in [1.807, 2.05) is 0 Å². The summed E-state index contributed by atoms with van der Waals surface area (Å²) in [5.74, 6) is 0. The van der Waals surface area contributed by atoms with Crippen molar-refractivity contribution in [3.8, 4) is 0 Å². The Morgan fingerprint density at radius 3 is 2.54 bits per heavy atom. The molecular formula is C8H9F3N2. The third kappa shape index (κ3) is 3.42. The maximum Gasteiger partial charge on any atom is 0.390 e. The highest BCUT2D eigenvalue weighted by Gasteiger charge is 2.31. The molecule has 0 fully saturated rings. The van der Waals surface area contributed by atoms with Crippen molar-refractivity contribution >= 4 is 0 Å². The van der Waals surface area contributed by atoms with Crippen LogP contribution in [0.4, 0.5) is 13.2 Å². The van der Waals surface area contributed by atoms with Crippen molar-refractivity contribution in [3.05, 3.63) is 30.1 Å². The molecule has 0 aliphatic rings. The van der Waals surface area contributed by atoms with Gasteiger partial charge in [-0.3, -0.25) is 4.98 Å². The van der Waals surface area contributed by atoms with Crippen LogP contribution in [0.15, 0.2) is 24.4 Å². The average molecular weight is 190 g/mol. The minimum Gasteiger partial charge on any atom is -0.322 e. The molecule has 1 heterocycles. The summed E-state index contributed by atoms with van der Waals surface area (Å²) in [6.45, 7) is 0. The summed E-state index contributed by atoms with van der Waals surface area (Å²) >= 11 is 0. The first-order valence-electron chi connectivity index (χ1n) is 3.72. The normalized spacial score (nSPS) is 14.2. The number of hydrogen-bond donors (Lipinski definition) is 1. The topological polar surface area (TPSA) is 38.9 Å². The molecule has 72 valence electrons. The fraction of sp³-hybridized carbons (Fsp3) is 0.375. The van der Waals surface area contributed by atoms with Crippen LogP contribution in [0.5, 0.6) is 0 Å². The van der Waals surface area contributed by atoms with Crippen LogP contribution < -0.4 is 5.73 Å². The molecule has 2 nitrogen and oxygen atoms in total. The van der Waals surface area contributed by atoms with Gasteiger partial charge in [-0.2, -0.15) is 13.2 Å². The van der Waals surface area contributed by atoms with E-state index in [2.05, 4.69) is 4.98 Å². The number of pyridine rings is 1. The molecule has 5 heteroatoms. The summed E-state index contributed by atoms with van der Waals surface area (Å²) < 4.78 is 35.7. The largest absolute Gasteiger partial charge is 0.390 e. The summed E-state index contributed by atoms with van der Waals surface area (Å²) in [7, 11) is 0. The highest BCUT2D eigenvalue weighted by atomic mass is 19.4. The van der Waals surface area contributed by atoms with E-state index in [1.54, 1.807) is 12.1 Å². The molecule has 2 N–H and O–H groups in total. The van der Waals surface area contributed by atoms with Crippen LogP contribution in [-0.4, -0.2) is 11.2 Å². The summed E-state index contributed by atoms with van der Waals surface area (Å²) in [6, 6.07) is 3.65. The van der Waals surface area contributed by atoms with E-state index in [9.17, 15) is 13.2 Å². The lowest BCUT2D eigenvalue weighted by Crippen LogP contribution is -2.20. The lowest BCUT2D eigenvalue weighted by molar-refractivity contribution is -0.138. The van der Waals surface area contributed by atoms with Gasteiger partial charge in [-0.25, -0.2) is 0 Å². The summed E-state index contributed by atoms with van der Waals surface area (Å²) in [4.78, 5) is 3.74. The van der Waals surface area contributed by atoms with Crippen LogP contribution in [0, 0.1) is 0 Å². The number of rotatable bonds is 2. The smallest absolute Gasteiger partial charge is 0.322 e. The van der Waals surface area contributed by atoms with E-state index in [-0.39, 0.29) is 5.69 Å². The molecule has 1 aromatic heterocycles. The quantitative estimate of drug-likeness (QED) is 0.774. The Morgan fingerprint density at radius 2 is 2.08 bits per heavy atom. The molecule has 1 unspecified atom stereocenters. The Kier molecular flexibility index (Phi) is 2.87. The van der Waals surface area contributed by atoms with Gasteiger partial charge in [0.1, 0.15) is 0 Å². The zero-order valence-corrected chi connectivity index (χ0v) is 6.75. The lowest BCUT2D eigenvalue weighted by atomic mass is 10.1. The molecular weight excluding hydrogens is 181 g/mol. The number of nitrogens with zero attached hydrogens (tertiary/aromatic N) is 1. The van der Waals surface area contributed by atoms with E-state index >= 15 is 0 Å². The molecule has 0 radical (unpaired) electrons. The van der Waals surface area contributed by atoms with Gasteiger partial charge >= 0.3 is 6.18 Å². The van der Waals surface area contributed by atoms with Gasteiger partial charge in [-0.1, -0.05) is 6.07 Å². The van der Waals surface area contributed by atoms with E-state index in [1.165, 1.54) is 12.3 Å². The summed E-state index contributed by atoms with van der Waals surface area (Å²) in [5, 5.41) is 0. The van der Waals surface area contributed by atoms with Gasteiger partial charge in [0.15, 0.2) is 0 Å². The summed E-state index contributed by atoms with van der Waals surface area (Å²) in [6.07, 6.45) is -3.85. The monoisotopic (exact) mass is 190 g/mol. The molecule has 1 rings (SSSR count). The first-order valence-corrected chi connectivity index (χ1v) is 3.72. The fourth-order valence-corrected chi connectivity index (χ4v) is 0.949. The highest BCUT2D eigenvalue weighted by Crippen LogP contribution is 2.26. The van der Waals surface area contributed by atoms with Crippen molar-refractivity contribution in [2.75, 3.05) is 0 Å². The van der Waals surface area contributed by atoms with Crippen molar-refractivity contribution in [1.82, 2.24) is 4.98 Å². The number of aromatic nitrogens is 1. The lowest BCUT2D eigenvalue weighted by Gasteiger charge is -2.12. The van der Waals surface area contributed by atoms with Crippen molar-refractivity contribution in [2.45, 2.75) is 18.6 Å². The van der Waals surface area contributed by atoms with E-state index in [0.717, 1.165) is 0 Å². The van der Waals surface area contributed by atoms with Crippen LogP contribution >= 0.6 is 0 Å². The molecule has 0 aliphatic heterocycles. The predicted molar refractivity (Wildman–Crippen MR) is 41.8 cm³/mol. The molecule has 0 aliphatic carbocycles. The number of nitrogens with two attached hydrogens (primary N) is 1. The Morgan fingerprint density at radius 1 is 1.38 bits per heavy atom. The Balaban J connectivity index is 2.64. The second kappa shape index (κ2) is 3.74. The third-order valence-corrected chi connectivity index (χ3v) is 1.52. The molecule has 0 saturated heterocycles. The number of halogens is 3. The van der Waals surface area contributed by atoms with Crippen LogP contribution in [0.2, 0.25) is 0 Å². The van der Waals surface area contributed by atoms with Crippen molar-refractivity contribution in [1.29, 1.82) is 0 Å². The van der Waals surface area contributed by atoms with Crippen LogP contribution in [0.1, 0.15) is 18.2 Å². The molecule has 0 saturated carbocycles. The van der Waals surface area contributed by atoms with Crippen LogP contribution in [-0.2, 0) is 0 Å². The minimum absolute atomic E-state index is 0.264. The molecule has 0 amide bonds. The fourth-order valence-electron chi connectivity index (χ4n) is 0.949. The maximum absolute atomic E-state index is 11.9. The van der Waals surface area contributed by atoms with Crippen LogP contribution in [0.25, 0.3) is 0 Å². The standard InChI is InChI=1S/C8H9F3N2/c9-8(10,11)5-6(12)7-3-1-2-4-13-7/h1-4,6H,5,12H2. The minimum atomic E-state index is -4.24. The first-order chi connectivity index (χ1) is 5.99. The third-order valence-electron chi connectivity index (χ3n) is 1.52. The predicted octanol–water partition coefficient (Wildman–Crippen LogP) is 2.03. The molecule has 1 atom stereocenters. The number of alkyl halides is 3. The van der Waals surface area contributed by atoms with E-state index in [4.69, 9.17) is 5.73 Å². The zero-order valence-electron chi connectivity index (χ0n) is 6.75. The SMILES string of the molecule is NC(CC(F)(F)F)c1ccccn1. The van der Waals surface area contributed by atoms with Gasteiger partial charge in [0.2, 0.25) is 0 Å². The van der Waals surface area contributed by atoms with E-state index in [0.29, 0.717) is 0 Å². The van der Waals surface area contributed by atoms with E-state index < -0.39 is 18.6 Å². The highest BCUT2D eigenvalue weighted by molar-refractivity contribution is 5.08. The van der Waals surface area contributed by atoms with Crippen molar-refractivity contribution in [3.63, 3.8) is 0 Å². The molecule has 0 bridgehead atoms. The number of hydrogen-bond acceptors (Lipinski definition) is 2. The van der Waals surface area contributed by atoms with Gasteiger partial charge < -0.3 is 5.73 Å². The summed E-state index contributed by atoms with van der Waals surface area (Å²) in [5.41, 5.74) is 5.56. The molecule has 0 spiro atoms. The van der Waals surface area contributed by atoms with Gasteiger partial charge in [0.05, 0.1) is 18.2 Å². The van der Waals surface area contributed by atoms with Gasteiger partial charge in [0, 0.05) is 6.20 Å². The van der Waals surface area contributed by atoms with Crippen molar-refractivity contribution < 1.29 is 13.2 Å². The van der Waals surface area contributed by atoms with Gasteiger partial charge in [-0.15, -0.1) is 0 Å².